The van der Waals surface area contributed by atoms with Crippen LogP contribution in [0.15, 0.2) is 22.7 Å². The molecule has 0 saturated carbocycles. The fourth-order valence-corrected chi connectivity index (χ4v) is 3.07. The van der Waals surface area contributed by atoms with Crippen molar-refractivity contribution in [2.24, 2.45) is 5.73 Å². The van der Waals surface area contributed by atoms with E-state index in [4.69, 9.17) is 10.5 Å². The SMILES string of the molecule is NC(CCCC1CCCO1)c1ccc(Br)c(C(F)(F)F)c1. The van der Waals surface area contributed by atoms with E-state index in [9.17, 15) is 13.2 Å². The first-order valence-corrected chi connectivity index (χ1v) is 7.91. The van der Waals surface area contributed by atoms with Crippen LogP contribution in [0.3, 0.4) is 0 Å². The average Bonchev–Trinajstić information content (AvgIpc) is 2.91. The number of hydrogen-bond acceptors (Lipinski definition) is 2. The van der Waals surface area contributed by atoms with E-state index in [-0.39, 0.29) is 10.5 Å². The van der Waals surface area contributed by atoms with Gasteiger partial charge in [0.25, 0.3) is 0 Å². The summed E-state index contributed by atoms with van der Waals surface area (Å²) >= 11 is 2.94. The lowest BCUT2D eigenvalue weighted by Gasteiger charge is -2.16. The van der Waals surface area contributed by atoms with Gasteiger partial charge >= 0.3 is 6.18 Å². The molecule has 0 radical (unpaired) electrons. The number of hydrogen-bond donors (Lipinski definition) is 1. The van der Waals surface area contributed by atoms with Crippen molar-refractivity contribution in [1.82, 2.24) is 0 Å². The second-order valence-electron chi connectivity index (χ2n) is 5.41. The van der Waals surface area contributed by atoms with Crippen LogP contribution in [0.25, 0.3) is 0 Å². The Hall–Kier alpha value is -0.590. The summed E-state index contributed by atoms with van der Waals surface area (Å²) in [7, 11) is 0. The van der Waals surface area contributed by atoms with Gasteiger partial charge in [-0.15, -0.1) is 0 Å². The Morgan fingerprint density at radius 3 is 2.76 bits per heavy atom. The Kier molecular flexibility index (Phi) is 5.68. The van der Waals surface area contributed by atoms with E-state index in [0.717, 1.165) is 38.4 Å². The monoisotopic (exact) mass is 365 g/mol. The maximum Gasteiger partial charge on any atom is 0.417 e. The van der Waals surface area contributed by atoms with Crippen molar-refractivity contribution in [2.45, 2.75) is 50.4 Å². The van der Waals surface area contributed by atoms with Gasteiger partial charge in [0.05, 0.1) is 11.7 Å². The number of rotatable bonds is 5. The van der Waals surface area contributed by atoms with Gasteiger partial charge in [-0.2, -0.15) is 13.2 Å². The predicted octanol–water partition coefficient (Wildman–Crippen LogP) is 4.82. The van der Waals surface area contributed by atoms with Gasteiger partial charge in [-0.05, 0) is 49.8 Å². The first-order valence-electron chi connectivity index (χ1n) is 7.12. The van der Waals surface area contributed by atoms with Crippen molar-refractivity contribution in [3.05, 3.63) is 33.8 Å². The number of benzene rings is 1. The molecule has 1 saturated heterocycles. The fourth-order valence-electron chi connectivity index (χ4n) is 2.59. The van der Waals surface area contributed by atoms with Crippen molar-refractivity contribution in [3.63, 3.8) is 0 Å². The van der Waals surface area contributed by atoms with Crippen LogP contribution >= 0.6 is 15.9 Å². The van der Waals surface area contributed by atoms with Crippen LogP contribution in [-0.4, -0.2) is 12.7 Å². The molecule has 2 unspecified atom stereocenters. The third-order valence-corrected chi connectivity index (χ3v) is 4.48. The normalized spacial score (nSPS) is 20.7. The summed E-state index contributed by atoms with van der Waals surface area (Å²) in [5.41, 5.74) is 5.87. The number of nitrogens with two attached hydrogens (primary N) is 1. The van der Waals surface area contributed by atoms with E-state index in [1.54, 1.807) is 6.07 Å². The zero-order valence-corrected chi connectivity index (χ0v) is 13.2. The maximum atomic E-state index is 12.9. The van der Waals surface area contributed by atoms with Crippen molar-refractivity contribution in [3.8, 4) is 0 Å². The summed E-state index contributed by atoms with van der Waals surface area (Å²) in [4.78, 5) is 0. The molecule has 0 aromatic heterocycles. The Morgan fingerprint density at radius 1 is 1.38 bits per heavy atom. The van der Waals surface area contributed by atoms with Crippen LogP contribution in [-0.2, 0) is 10.9 Å². The first-order chi connectivity index (χ1) is 9.88. The van der Waals surface area contributed by atoms with E-state index in [1.807, 2.05) is 0 Å². The van der Waals surface area contributed by atoms with E-state index >= 15 is 0 Å². The first kappa shape index (κ1) is 16.8. The summed E-state index contributed by atoms with van der Waals surface area (Å²) in [6.45, 7) is 0.818. The van der Waals surface area contributed by atoms with E-state index < -0.39 is 11.7 Å². The Bertz CT molecular complexity index is 472. The highest BCUT2D eigenvalue weighted by Crippen LogP contribution is 2.36. The summed E-state index contributed by atoms with van der Waals surface area (Å²) < 4.78 is 44.2. The molecule has 0 aliphatic carbocycles. The molecule has 0 spiro atoms. The summed E-state index contributed by atoms with van der Waals surface area (Å²) in [6, 6.07) is 3.83. The van der Waals surface area contributed by atoms with E-state index in [2.05, 4.69) is 15.9 Å². The largest absolute Gasteiger partial charge is 0.417 e. The van der Waals surface area contributed by atoms with Crippen LogP contribution in [0.4, 0.5) is 13.2 Å². The van der Waals surface area contributed by atoms with Gasteiger partial charge in [-0.3, -0.25) is 0 Å². The highest BCUT2D eigenvalue weighted by Gasteiger charge is 2.33. The second kappa shape index (κ2) is 7.11. The molecule has 1 aromatic rings. The lowest BCUT2D eigenvalue weighted by atomic mass is 9.98. The number of ether oxygens (including phenoxy) is 1. The zero-order chi connectivity index (χ0) is 15.5. The Balaban J connectivity index is 1.93. The molecule has 21 heavy (non-hydrogen) atoms. The molecule has 1 aromatic carbocycles. The van der Waals surface area contributed by atoms with E-state index in [0.29, 0.717) is 18.1 Å². The van der Waals surface area contributed by atoms with E-state index in [1.165, 1.54) is 6.07 Å². The molecule has 1 heterocycles. The van der Waals surface area contributed by atoms with Gasteiger partial charge in [0, 0.05) is 17.1 Å². The molecular weight excluding hydrogens is 347 g/mol. The molecule has 1 fully saturated rings. The quantitative estimate of drug-likeness (QED) is 0.811. The molecule has 1 aliphatic rings. The van der Waals surface area contributed by atoms with Crippen LogP contribution in [0.2, 0.25) is 0 Å². The minimum atomic E-state index is -4.37. The minimum absolute atomic E-state index is 0.0466. The average molecular weight is 366 g/mol. The van der Waals surface area contributed by atoms with Crippen LogP contribution in [0.1, 0.15) is 49.3 Å². The summed E-state index contributed by atoms with van der Waals surface area (Å²) in [5, 5.41) is 0. The topological polar surface area (TPSA) is 35.2 Å². The van der Waals surface area contributed by atoms with Crippen LogP contribution < -0.4 is 5.73 Å². The second-order valence-corrected chi connectivity index (χ2v) is 6.26. The lowest BCUT2D eigenvalue weighted by molar-refractivity contribution is -0.138. The highest BCUT2D eigenvalue weighted by atomic mass is 79.9. The molecule has 1 aliphatic heterocycles. The van der Waals surface area contributed by atoms with Gasteiger partial charge < -0.3 is 10.5 Å². The molecule has 6 heteroatoms. The molecule has 2 N–H and O–H groups in total. The van der Waals surface area contributed by atoms with Crippen molar-refractivity contribution >= 4 is 15.9 Å². The van der Waals surface area contributed by atoms with Gasteiger partial charge in [0.1, 0.15) is 0 Å². The van der Waals surface area contributed by atoms with Crippen molar-refractivity contribution < 1.29 is 17.9 Å². The molecule has 2 rings (SSSR count). The molecule has 2 atom stereocenters. The maximum absolute atomic E-state index is 12.9. The molecule has 0 bridgehead atoms. The summed E-state index contributed by atoms with van der Waals surface area (Å²) in [5.74, 6) is 0. The molecule has 118 valence electrons. The van der Waals surface area contributed by atoms with Crippen molar-refractivity contribution in [2.75, 3.05) is 6.61 Å². The molecule has 0 amide bonds. The fraction of sp³-hybridized carbons (Fsp3) is 0.600. The minimum Gasteiger partial charge on any atom is -0.378 e. The molecule has 2 nitrogen and oxygen atoms in total. The summed E-state index contributed by atoms with van der Waals surface area (Å²) in [6.07, 6.45) is 0.558. The van der Waals surface area contributed by atoms with Gasteiger partial charge in [-0.1, -0.05) is 22.0 Å². The number of alkyl halides is 3. The van der Waals surface area contributed by atoms with Crippen molar-refractivity contribution in [1.29, 1.82) is 0 Å². The third-order valence-electron chi connectivity index (χ3n) is 3.79. The molecular formula is C15H19BrF3NO. The Morgan fingerprint density at radius 2 is 2.14 bits per heavy atom. The number of halogens is 4. The Labute approximate surface area is 131 Å². The van der Waals surface area contributed by atoms with Gasteiger partial charge in [0.2, 0.25) is 0 Å². The van der Waals surface area contributed by atoms with Crippen LogP contribution in [0.5, 0.6) is 0 Å². The van der Waals surface area contributed by atoms with Gasteiger partial charge in [-0.25, -0.2) is 0 Å². The van der Waals surface area contributed by atoms with Gasteiger partial charge in [0.15, 0.2) is 0 Å². The standard InChI is InChI=1S/C15H19BrF3NO/c16-13-7-6-10(9-12(13)15(17,18)19)14(20)5-1-3-11-4-2-8-21-11/h6-7,9,11,14H,1-5,8,20H2. The van der Waals surface area contributed by atoms with Crippen LogP contribution in [0, 0.1) is 0 Å². The smallest absolute Gasteiger partial charge is 0.378 e. The third kappa shape index (κ3) is 4.69. The zero-order valence-electron chi connectivity index (χ0n) is 11.6. The lowest BCUT2D eigenvalue weighted by Crippen LogP contribution is -2.14. The predicted molar refractivity (Wildman–Crippen MR) is 78.9 cm³/mol. The highest BCUT2D eigenvalue weighted by molar-refractivity contribution is 9.10.